The van der Waals surface area contributed by atoms with Crippen LogP contribution in [0.4, 0.5) is 14.5 Å². The highest BCUT2D eigenvalue weighted by atomic mass is 19.3. The van der Waals surface area contributed by atoms with Gasteiger partial charge in [-0.05, 0) is 29.8 Å². The predicted octanol–water partition coefficient (Wildman–Crippen LogP) is 3.97. The lowest BCUT2D eigenvalue weighted by Gasteiger charge is -2.22. The van der Waals surface area contributed by atoms with E-state index in [9.17, 15) is 18.4 Å². The fraction of sp³-hybridized carbons (Fsp3) is 0.273. The van der Waals surface area contributed by atoms with Crippen LogP contribution < -0.4 is 5.32 Å². The summed E-state index contributed by atoms with van der Waals surface area (Å²) in [7, 11) is 1.45. The minimum atomic E-state index is -2.61. The molecule has 0 aliphatic heterocycles. The Labute approximate surface area is 172 Å². The lowest BCUT2D eigenvalue weighted by atomic mass is 10.1. The monoisotopic (exact) mass is 416 g/mol. The predicted molar refractivity (Wildman–Crippen MR) is 109 cm³/mol. The second-order valence-corrected chi connectivity index (χ2v) is 6.70. The molecule has 8 heteroatoms. The first-order valence-electron chi connectivity index (χ1n) is 9.40. The molecule has 30 heavy (non-hydrogen) atoms. The number of halogens is 2. The molecule has 1 heterocycles. The van der Waals surface area contributed by atoms with Crippen LogP contribution in [0.2, 0.25) is 0 Å². The average Bonchev–Trinajstić information content (AvgIpc) is 3.16. The quantitative estimate of drug-likeness (QED) is 0.573. The first kappa shape index (κ1) is 21.4. The summed E-state index contributed by atoms with van der Waals surface area (Å²) in [6.07, 6.45) is -2.63. The number of carbonyl (C=O) groups is 2. The number of amides is 2. The zero-order valence-electron chi connectivity index (χ0n) is 16.4. The van der Waals surface area contributed by atoms with Gasteiger partial charge in [-0.3, -0.25) is 9.59 Å². The molecule has 0 bridgehead atoms. The number of rotatable bonds is 9. The zero-order valence-corrected chi connectivity index (χ0v) is 16.4. The van der Waals surface area contributed by atoms with Crippen molar-refractivity contribution in [2.24, 2.45) is 0 Å². The number of alkyl halides is 2. The number of nitrogens with one attached hydrogen (secondary N) is 1. The second-order valence-electron chi connectivity index (χ2n) is 6.70. The van der Waals surface area contributed by atoms with Gasteiger partial charge in [-0.25, -0.2) is 8.78 Å². The van der Waals surface area contributed by atoms with E-state index in [2.05, 4.69) is 5.32 Å². The molecule has 0 saturated carbocycles. The van der Waals surface area contributed by atoms with Crippen molar-refractivity contribution in [2.45, 2.75) is 12.8 Å². The highest BCUT2D eigenvalue weighted by molar-refractivity contribution is 6.04. The molecule has 158 valence electrons. The van der Waals surface area contributed by atoms with Crippen LogP contribution in [0.3, 0.4) is 0 Å². The molecule has 0 aliphatic rings. The van der Waals surface area contributed by atoms with Crippen molar-refractivity contribution in [3.05, 3.63) is 65.9 Å². The molecule has 3 aromatic rings. The smallest absolute Gasteiger partial charge is 0.291 e. The van der Waals surface area contributed by atoms with Gasteiger partial charge in [0.1, 0.15) is 5.58 Å². The maximum Gasteiger partial charge on any atom is 0.291 e. The molecule has 1 N–H and O–H groups in total. The van der Waals surface area contributed by atoms with Crippen LogP contribution in [0.15, 0.2) is 59.0 Å². The van der Waals surface area contributed by atoms with E-state index in [1.807, 2.05) is 18.2 Å². The van der Waals surface area contributed by atoms with Crippen molar-refractivity contribution in [3.8, 4) is 0 Å². The summed E-state index contributed by atoms with van der Waals surface area (Å²) in [6, 6.07) is 15.6. The molecule has 2 aromatic carbocycles. The van der Waals surface area contributed by atoms with E-state index in [1.165, 1.54) is 7.11 Å². The number of furan rings is 1. The van der Waals surface area contributed by atoms with Gasteiger partial charge in [0.15, 0.2) is 5.76 Å². The molecule has 6 nitrogen and oxygen atoms in total. The van der Waals surface area contributed by atoms with E-state index in [0.29, 0.717) is 16.8 Å². The number of ether oxygens (including phenoxy) is 1. The molecule has 0 unspecified atom stereocenters. The number of anilines is 1. The van der Waals surface area contributed by atoms with Crippen molar-refractivity contribution in [2.75, 3.05) is 32.1 Å². The van der Waals surface area contributed by atoms with Gasteiger partial charge in [0.05, 0.1) is 19.6 Å². The number of hydrogen-bond acceptors (Lipinski definition) is 4. The van der Waals surface area contributed by atoms with Gasteiger partial charge in [0, 0.05) is 24.7 Å². The number of hydrogen-bond donors (Lipinski definition) is 1. The van der Waals surface area contributed by atoms with Crippen LogP contribution in [0.25, 0.3) is 11.0 Å². The third kappa shape index (κ3) is 5.64. The molecular formula is C22H22F2N2O4. The number of benzene rings is 2. The zero-order chi connectivity index (χ0) is 21.5. The molecule has 1 aromatic heterocycles. The van der Waals surface area contributed by atoms with Crippen LogP contribution in [-0.2, 0) is 16.0 Å². The topological polar surface area (TPSA) is 71.8 Å². The summed E-state index contributed by atoms with van der Waals surface area (Å²) < 4.78 is 35.8. The molecule has 0 atom stereocenters. The average molecular weight is 416 g/mol. The van der Waals surface area contributed by atoms with Crippen LogP contribution in [0.1, 0.15) is 16.1 Å². The summed E-state index contributed by atoms with van der Waals surface area (Å²) in [5, 5.41) is 3.56. The van der Waals surface area contributed by atoms with Crippen molar-refractivity contribution in [3.63, 3.8) is 0 Å². The van der Waals surface area contributed by atoms with Gasteiger partial charge in [0.2, 0.25) is 5.91 Å². The van der Waals surface area contributed by atoms with Crippen molar-refractivity contribution >= 4 is 28.5 Å². The highest BCUT2D eigenvalue weighted by Gasteiger charge is 2.18. The number of nitrogens with zero attached hydrogens (tertiary/aromatic N) is 1. The van der Waals surface area contributed by atoms with E-state index in [-0.39, 0.29) is 25.3 Å². The summed E-state index contributed by atoms with van der Waals surface area (Å²) in [6.45, 7) is -0.343. The van der Waals surface area contributed by atoms with Crippen LogP contribution in [-0.4, -0.2) is 49.9 Å². The fourth-order valence-corrected chi connectivity index (χ4v) is 2.96. The molecule has 0 radical (unpaired) electrons. The second kappa shape index (κ2) is 9.98. The van der Waals surface area contributed by atoms with Crippen LogP contribution in [0.5, 0.6) is 0 Å². The molecule has 3 rings (SSSR count). The number of fused-ring (bicyclic) bond motifs is 1. The Kier molecular flexibility index (Phi) is 7.13. The highest BCUT2D eigenvalue weighted by Crippen LogP contribution is 2.20. The normalized spacial score (nSPS) is 11.1. The summed E-state index contributed by atoms with van der Waals surface area (Å²) in [5.74, 6) is -0.611. The van der Waals surface area contributed by atoms with E-state index < -0.39 is 24.8 Å². The van der Waals surface area contributed by atoms with Gasteiger partial charge in [-0.15, -0.1) is 0 Å². The Morgan fingerprint density at radius 2 is 1.87 bits per heavy atom. The van der Waals surface area contributed by atoms with Crippen molar-refractivity contribution in [1.82, 2.24) is 4.90 Å². The summed E-state index contributed by atoms with van der Waals surface area (Å²) >= 11 is 0. The van der Waals surface area contributed by atoms with Gasteiger partial charge in [0.25, 0.3) is 12.3 Å². The van der Waals surface area contributed by atoms with Gasteiger partial charge >= 0.3 is 0 Å². The van der Waals surface area contributed by atoms with E-state index in [0.717, 1.165) is 10.3 Å². The van der Waals surface area contributed by atoms with Gasteiger partial charge < -0.3 is 19.4 Å². The fourth-order valence-electron chi connectivity index (χ4n) is 2.96. The van der Waals surface area contributed by atoms with Gasteiger partial charge in [-0.2, -0.15) is 0 Å². The van der Waals surface area contributed by atoms with E-state index >= 15 is 0 Å². The Morgan fingerprint density at radius 3 is 2.53 bits per heavy atom. The van der Waals surface area contributed by atoms with E-state index in [1.54, 1.807) is 36.4 Å². The third-order valence-electron chi connectivity index (χ3n) is 4.49. The molecule has 0 saturated heterocycles. The lowest BCUT2D eigenvalue weighted by Crippen LogP contribution is -2.38. The number of para-hydroxylation sites is 1. The van der Waals surface area contributed by atoms with Crippen molar-refractivity contribution in [1.29, 1.82) is 0 Å². The standard InChI is InChI=1S/C22H22F2N2O4/c1-29-11-10-26(14-20(23)24)21(27)12-15-6-8-17(9-7-15)25-22(28)19-13-16-4-2-3-5-18(16)30-19/h2-9,13,20H,10-12,14H2,1H3,(H,25,28). The van der Waals surface area contributed by atoms with E-state index in [4.69, 9.17) is 9.15 Å². The number of methoxy groups -OCH3 is 1. The third-order valence-corrected chi connectivity index (χ3v) is 4.49. The van der Waals surface area contributed by atoms with Crippen LogP contribution in [0, 0.1) is 0 Å². The molecule has 0 fully saturated rings. The largest absolute Gasteiger partial charge is 0.451 e. The van der Waals surface area contributed by atoms with Crippen molar-refractivity contribution < 1.29 is 27.5 Å². The minimum absolute atomic E-state index is 0.0196. The molecule has 0 aliphatic carbocycles. The van der Waals surface area contributed by atoms with Gasteiger partial charge in [-0.1, -0.05) is 30.3 Å². The lowest BCUT2D eigenvalue weighted by molar-refractivity contribution is -0.133. The Bertz CT molecular complexity index is 969. The maximum atomic E-state index is 12.7. The number of carbonyl (C=O) groups excluding carboxylic acids is 2. The van der Waals surface area contributed by atoms with Crippen LogP contribution >= 0.6 is 0 Å². The Hall–Kier alpha value is -3.26. The summed E-state index contributed by atoms with van der Waals surface area (Å²) in [4.78, 5) is 25.8. The SMILES string of the molecule is COCCN(CC(F)F)C(=O)Cc1ccc(NC(=O)c2cc3ccccc3o2)cc1. The maximum absolute atomic E-state index is 12.7. The summed E-state index contributed by atoms with van der Waals surface area (Å²) in [5.41, 5.74) is 1.80. The first-order chi connectivity index (χ1) is 14.5. The molecular weight excluding hydrogens is 394 g/mol. The Morgan fingerprint density at radius 1 is 1.13 bits per heavy atom. The minimum Gasteiger partial charge on any atom is -0.451 e. The first-order valence-corrected chi connectivity index (χ1v) is 9.40. The molecule has 0 spiro atoms. The molecule has 2 amide bonds. The Balaban J connectivity index is 1.61.